The third-order valence-electron chi connectivity index (χ3n) is 4.94. The van der Waals surface area contributed by atoms with E-state index in [1.165, 1.54) is 16.4 Å². The molecule has 138 valence electrons. The molecule has 1 aliphatic carbocycles. The average Bonchev–Trinajstić information content (AvgIpc) is 3.10. The van der Waals surface area contributed by atoms with Gasteiger partial charge in [0, 0.05) is 32.2 Å². The third-order valence-corrected chi connectivity index (χ3v) is 6.87. The van der Waals surface area contributed by atoms with Gasteiger partial charge in [-0.25, -0.2) is 13.2 Å². The topological polar surface area (TPSA) is 90.0 Å². The largest absolute Gasteiger partial charge is 0.507 e. The van der Waals surface area contributed by atoms with E-state index in [9.17, 15) is 18.3 Å². The highest BCUT2D eigenvalue weighted by Crippen LogP contribution is 2.27. The van der Waals surface area contributed by atoms with E-state index >= 15 is 0 Å². The van der Waals surface area contributed by atoms with Gasteiger partial charge < -0.3 is 15.3 Å². The number of benzene rings is 1. The van der Waals surface area contributed by atoms with E-state index in [0.717, 1.165) is 31.2 Å². The van der Waals surface area contributed by atoms with Gasteiger partial charge in [-0.1, -0.05) is 18.9 Å². The maximum atomic E-state index is 12.8. The minimum Gasteiger partial charge on any atom is -0.507 e. The number of phenolic OH excluding ortho intramolecular Hbond substituents is 1. The Labute approximate surface area is 148 Å². The van der Waals surface area contributed by atoms with Crippen molar-refractivity contribution in [1.29, 1.82) is 0 Å². The fourth-order valence-electron chi connectivity index (χ4n) is 3.43. The first-order chi connectivity index (χ1) is 11.9. The Morgan fingerprint density at radius 1 is 1.16 bits per heavy atom. The molecule has 1 saturated carbocycles. The molecule has 0 unspecified atom stereocenters. The first-order valence-electron chi connectivity index (χ1n) is 8.73. The molecule has 2 amide bonds. The van der Waals surface area contributed by atoms with Crippen LogP contribution >= 0.6 is 0 Å². The Bertz CT molecular complexity index is 736. The molecule has 1 saturated heterocycles. The van der Waals surface area contributed by atoms with Crippen molar-refractivity contribution in [3.8, 4) is 5.75 Å². The van der Waals surface area contributed by atoms with Gasteiger partial charge >= 0.3 is 6.03 Å². The van der Waals surface area contributed by atoms with Gasteiger partial charge in [-0.05, 0) is 37.5 Å². The molecule has 0 spiro atoms. The van der Waals surface area contributed by atoms with E-state index in [4.69, 9.17) is 0 Å². The molecule has 0 aromatic heterocycles. The van der Waals surface area contributed by atoms with E-state index in [2.05, 4.69) is 5.32 Å². The second-order valence-corrected chi connectivity index (χ2v) is 8.70. The van der Waals surface area contributed by atoms with E-state index in [1.807, 2.05) is 0 Å². The lowest BCUT2D eigenvalue weighted by Gasteiger charge is -2.34. The smallest absolute Gasteiger partial charge is 0.317 e. The van der Waals surface area contributed by atoms with E-state index in [0.29, 0.717) is 13.1 Å². The van der Waals surface area contributed by atoms with Crippen LogP contribution in [0.2, 0.25) is 0 Å². The minimum absolute atomic E-state index is 0.0728. The van der Waals surface area contributed by atoms with Crippen molar-refractivity contribution >= 4 is 16.1 Å². The summed E-state index contributed by atoms with van der Waals surface area (Å²) in [6.45, 7) is 2.94. The van der Waals surface area contributed by atoms with E-state index in [1.54, 1.807) is 17.9 Å². The van der Waals surface area contributed by atoms with Gasteiger partial charge in [0.05, 0.1) is 0 Å². The van der Waals surface area contributed by atoms with Gasteiger partial charge in [0.25, 0.3) is 0 Å². The molecule has 0 radical (unpaired) electrons. The monoisotopic (exact) mass is 367 g/mol. The van der Waals surface area contributed by atoms with Crippen LogP contribution in [0.1, 0.15) is 31.2 Å². The molecule has 1 heterocycles. The molecule has 0 atom stereocenters. The van der Waals surface area contributed by atoms with Crippen molar-refractivity contribution in [2.45, 2.75) is 43.5 Å². The third kappa shape index (κ3) is 3.90. The Hall–Kier alpha value is -1.80. The molecule has 2 fully saturated rings. The van der Waals surface area contributed by atoms with Crippen LogP contribution in [0.15, 0.2) is 23.1 Å². The fourth-order valence-corrected chi connectivity index (χ4v) is 5.02. The quantitative estimate of drug-likeness (QED) is 0.850. The average molecular weight is 367 g/mol. The molecule has 0 bridgehead atoms. The maximum absolute atomic E-state index is 12.8. The highest BCUT2D eigenvalue weighted by atomic mass is 32.2. The molecule has 2 aliphatic rings. The standard InChI is InChI=1S/C17H25N3O4S/c1-13-6-7-15(21)16(12-13)25(23,24)20-10-8-19(9-11-20)17(22)18-14-4-2-3-5-14/h6-7,12,14,21H,2-5,8-11H2,1H3,(H,18,22). The second-order valence-electron chi connectivity index (χ2n) is 6.79. The number of hydrogen-bond donors (Lipinski definition) is 2. The lowest BCUT2D eigenvalue weighted by atomic mass is 10.2. The number of aryl methyl sites for hydroxylation is 1. The lowest BCUT2D eigenvalue weighted by Crippen LogP contribution is -2.54. The summed E-state index contributed by atoms with van der Waals surface area (Å²) in [5.74, 6) is -0.244. The number of phenols is 1. The SMILES string of the molecule is Cc1ccc(O)c(S(=O)(=O)N2CCN(C(=O)NC3CCCC3)CC2)c1. The number of piperazine rings is 1. The van der Waals surface area contributed by atoms with Crippen molar-refractivity contribution in [3.63, 3.8) is 0 Å². The predicted molar refractivity (Wildman–Crippen MR) is 94.0 cm³/mol. The first-order valence-corrected chi connectivity index (χ1v) is 10.2. The molecule has 1 aliphatic heterocycles. The number of carbonyl (C=O) groups is 1. The molecule has 2 N–H and O–H groups in total. The minimum atomic E-state index is -3.76. The summed E-state index contributed by atoms with van der Waals surface area (Å²) in [7, 11) is -3.76. The molecule has 7 nitrogen and oxygen atoms in total. The van der Waals surface area contributed by atoms with Crippen molar-refractivity contribution in [3.05, 3.63) is 23.8 Å². The normalized spacial score (nSPS) is 20.0. The van der Waals surface area contributed by atoms with Gasteiger partial charge in [-0.3, -0.25) is 0 Å². The van der Waals surface area contributed by atoms with Crippen LogP contribution in [-0.4, -0.2) is 61.0 Å². The number of carbonyl (C=O) groups excluding carboxylic acids is 1. The van der Waals surface area contributed by atoms with Crippen molar-refractivity contribution < 1.29 is 18.3 Å². The highest BCUT2D eigenvalue weighted by Gasteiger charge is 2.32. The maximum Gasteiger partial charge on any atom is 0.317 e. The van der Waals surface area contributed by atoms with Crippen molar-refractivity contribution in [2.75, 3.05) is 26.2 Å². The van der Waals surface area contributed by atoms with Crippen LogP contribution in [0.25, 0.3) is 0 Å². The van der Waals surface area contributed by atoms with E-state index in [-0.39, 0.29) is 35.8 Å². The summed E-state index contributed by atoms with van der Waals surface area (Å²) < 4.78 is 26.9. The van der Waals surface area contributed by atoms with Crippen LogP contribution < -0.4 is 5.32 Å². The fraction of sp³-hybridized carbons (Fsp3) is 0.588. The number of urea groups is 1. The van der Waals surface area contributed by atoms with Crippen LogP contribution in [0.4, 0.5) is 4.79 Å². The van der Waals surface area contributed by atoms with Gasteiger partial charge in [-0.2, -0.15) is 4.31 Å². The highest BCUT2D eigenvalue weighted by molar-refractivity contribution is 7.89. The Kier molecular flexibility index (Phi) is 5.19. The first kappa shape index (κ1) is 18.0. The van der Waals surface area contributed by atoms with Crippen molar-refractivity contribution in [1.82, 2.24) is 14.5 Å². The Morgan fingerprint density at radius 2 is 1.80 bits per heavy atom. The van der Waals surface area contributed by atoms with E-state index < -0.39 is 10.0 Å². The van der Waals surface area contributed by atoms with Gasteiger partial charge in [-0.15, -0.1) is 0 Å². The summed E-state index contributed by atoms with van der Waals surface area (Å²) in [5.41, 5.74) is 0.769. The van der Waals surface area contributed by atoms with Crippen LogP contribution in [0, 0.1) is 6.92 Å². The number of amides is 2. The Balaban J connectivity index is 1.63. The van der Waals surface area contributed by atoms with Crippen molar-refractivity contribution in [2.24, 2.45) is 0 Å². The molecule has 1 aromatic carbocycles. The van der Waals surface area contributed by atoms with Crippen LogP contribution in [-0.2, 0) is 10.0 Å². The zero-order chi connectivity index (χ0) is 18.0. The van der Waals surface area contributed by atoms with Gasteiger partial charge in [0.15, 0.2) is 0 Å². The number of nitrogens with zero attached hydrogens (tertiary/aromatic N) is 2. The molecular weight excluding hydrogens is 342 g/mol. The van der Waals surface area contributed by atoms with Gasteiger partial charge in [0.1, 0.15) is 10.6 Å². The number of sulfonamides is 1. The molecule has 25 heavy (non-hydrogen) atoms. The number of hydrogen-bond acceptors (Lipinski definition) is 4. The Morgan fingerprint density at radius 3 is 2.44 bits per heavy atom. The predicted octanol–water partition coefficient (Wildman–Crippen LogP) is 1.66. The summed E-state index contributed by atoms with van der Waals surface area (Å²) in [6, 6.07) is 4.68. The number of nitrogens with one attached hydrogen (secondary N) is 1. The second kappa shape index (κ2) is 7.21. The van der Waals surface area contributed by atoms with Crippen LogP contribution in [0.3, 0.4) is 0 Å². The zero-order valence-electron chi connectivity index (χ0n) is 14.4. The molecule has 8 heteroatoms. The molecule has 1 aromatic rings. The summed E-state index contributed by atoms with van der Waals surface area (Å²) in [5, 5.41) is 12.9. The zero-order valence-corrected chi connectivity index (χ0v) is 15.3. The summed E-state index contributed by atoms with van der Waals surface area (Å²) in [4.78, 5) is 13.9. The number of aromatic hydroxyl groups is 1. The lowest BCUT2D eigenvalue weighted by molar-refractivity contribution is 0.169. The van der Waals surface area contributed by atoms with Gasteiger partial charge in [0.2, 0.25) is 10.0 Å². The number of rotatable bonds is 3. The summed E-state index contributed by atoms with van der Waals surface area (Å²) >= 11 is 0. The van der Waals surface area contributed by atoms with Crippen LogP contribution in [0.5, 0.6) is 5.75 Å². The molecule has 3 rings (SSSR count). The summed E-state index contributed by atoms with van der Waals surface area (Å²) in [6.07, 6.45) is 4.34. The molecular formula is C17H25N3O4S.